The van der Waals surface area contributed by atoms with Crippen LogP contribution in [0, 0.1) is 5.92 Å². The minimum atomic E-state index is -0.132. The molecule has 1 heterocycles. The van der Waals surface area contributed by atoms with Gasteiger partial charge in [-0.05, 0) is 24.3 Å². The standard InChI is InChI=1S/C15H20N2O/c18-15-14(13-6-2-1-3-7-13)16-11-17(15)10-4-5-12-8-9-12/h1-3,6-7,12,14,16H,4-5,8-11H2. The van der Waals surface area contributed by atoms with E-state index in [-0.39, 0.29) is 11.9 Å². The topological polar surface area (TPSA) is 32.3 Å². The van der Waals surface area contributed by atoms with Gasteiger partial charge in [-0.1, -0.05) is 43.2 Å². The molecule has 0 spiro atoms. The first-order chi connectivity index (χ1) is 8.84. The molecule has 0 radical (unpaired) electrons. The maximum absolute atomic E-state index is 12.3. The Labute approximate surface area is 108 Å². The first kappa shape index (κ1) is 11.7. The van der Waals surface area contributed by atoms with Crippen molar-refractivity contribution in [3.8, 4) is 0 Å². The van der Waals surface area contributed by atoms with Gasteiger partial charge in [-0.3, -0.25) is 10.1 Å². The summed E-state index contributed by atoms with van der Waals surface area (Å²) in [5, 5.41) is 3.30. The van der Waals surface area contributed by atoms with Gasteiger partial charge in [-0.25, -0.2) is 0 Å². The van der Waals surface area contributed by atoms with E-state index in [1.54, 1.807) is 0 Å². The Morgan fingerprint density at radius 3 is 2.72 bits per heavy atom. The van der Waals surface area contributed by atoms with E-state index in [4.69, 9.17) is 0 Å². The molecule has 1 saturated carbocycles. The Balaban J connectivity index is 1.54. The van der Waals surface area contributed by atoms with Crippen molar-refractivity contribution in [2.24, 2.45) is 5.92 Å². The molecule has 0 bridgehead atoms. The summed E-state index contributed by atoms with van der Waals surface area (Å²) in [6.45, 7) is 1.61. The number of hydrogen-bond acceptors (Lipinski definition) is 2. The van der Waals surface area contributed by atoms with E-state index in [9.17, 15) is 4.79 Å². The summed E-state index contributed by atoms with van der Waals surface area (Å²) in [4.78, 5) is 14.2. The second-order valence-electron chi connectivity index (χ2n) is 5.39. The number of nitrogens with one attached hydrogen (secondary N) is 1. The molecule has 1 aromatic carbocycles. The van der Waals surface area contributed by atoms with Crippen LogP contribution in [0.2, 0.25) is 0 Å². The van der Waals surface area contributed by atoms with Crippen LogP contribution in [0.15, 0.2) is 30.3 Å². The minimum absolute atomic E-state index is 0.132. The summed E-state index contributed by atoms with van der Waals surface area (Å²) in [5.74, 6) is 1.19. The highest BCUT2D eigenvalue weighted by atomic mass is 16.2. The van der Waals surface area contributed by atoms with Gasteiger partial charge in [0.2, 0.25) is 5.91 Å². The third kappa shape index (κ3) is 2.56. The third-order valence-electron chi connectivity index (χ3n) is 3.92. The molecule has 2 fully saturated rings. The summed E-state index contributed by atoms with van der Waals surface area (Å²) in [6.07, 6.45) is 5.25. The fraction of sp³-hybridized carbons (Fsp3) is 0.533. The van der Waals surface area contributed by atoms with Crippen molar-refractivity contribution in [1.29, 1.82) is 0 Å². The van der Waals surface area contributed by atoms with Crippen molar-refractivity contribution in [1.82, 2.24) is 10.2 Å². The number of hydrogen-bond donors (Lipinski definition) is 1. The van der Waals surface area contributed by atoms with Gasteiger partial charge in [0, 0.05) is 6.54 Å². The van der Waals surface area contributed by atoms with Crippen molar-refractivity contribution in [3.63, 3.8) is 0 Å². The molecule has 1 amide bonds. The summed E-state index contributed by atoms with van der Waals surface area (Å²) in [6, 6.07) is 9.86. The van der Waals surface area contributed by atoms with Crippen LogP contribution < -0.4 is 5.32 Å². The van der Waals surface area contributed by atoms with Crippen LogP contribution in [0.25, 0.3) is 0 Å². The SMILES string of the molecule is O=C1C(c2ccccc2)NCN1CCCC1CC1. The number of carbonyl (C=O) groups excluding carboxylic acids is 1. The molecule has 3 heteroatoms. The molecule has 2 aliphatic rings. The maximum atomic E-state index is 12.3. The van der Waals surface area contributed by atoms with Crippen LogP contribution in [0.1, 0.15) is 37.3 Å². The van der Waals surface area contributed by atoms with Crippen LogP contribution in [0.5, 0.6) is 0 Å². The summed E-state index contributed by atoms with van der Waals surface area (Å²) >= 11 is 0. The molecule has 96 valence electrons. The average molecular weight is 244 g/mol. The molecule has 0 aromatic heterocycles. The Bertz CT molecular complexity index is 414. The second-order valence-corrected chi connectivity index (χ2v) is 5.39. The zero-order valence-electron chi connectivity index (χ0n) is 10.6. The highest BCUT2D eigenvalue weighted by Gasteiger charge is 2.32. The van der Waals surface area contributed by atoms with Crippen LogP contribution in [0.4, 0.5) is 0 Å². The molecule has 1 aliphatic carbocycles. The van der Waals surface area contributed by atoms with Crippen LogP contribution >= 0.6 is 0 Å². The Hall–Kier alpha value is -1.35. The highest BCUT2D eigenvalue weighted by Crippen LogP contribution is 2.33. The molecular weight excluding hydrogens is 224 g/mol. The Morgan fingerprint density at radius 2 is 2.00 bits per heavy atom. The fourth-order valence-corrected chi connectivity index (χ4v) is 2.62. The van der Waals surface area contributed by atoms with Crippen molar-refractivity contribution in [2.75, 3.05) is 13.2 Å². The van der Waals surface area contributed by atoms with Gasteiger partial charge in [-0.2, -0.15) is 0 Å². The van der Waals surface area contributed by atoms with Gasteiger partial charge >= 0.3 is 0 Å². The van der Waals surface area contributed by atoms with E-state index in [0.29, 0.717) is 6.67 Å². The predicted molar refractivity (Wildman–Crippen MR) is 70.9 cm³/mol. The fourth-order valence-electron chi connectivity index (χ4n) is 2.62. The first-order valence-electron chi connectivity index (χ1n) is 6.92. The highest BCUT2D eigenvalue weighted by molar-refractivity contribution is 5.85. The lowest BCUT2D eigenvalue weighted by molar-refractivity contribution is -0.129. The quantitative estimate of drug-likeness (QED) is 0.862. The van der Waals surface area contributed by atoms with Gasteiger partial charge < -0.3 is 4.90 Å². The molecule has 3 rings (SSSR count). The molecule has 18 heavy (non-hydrogen) atoms. The first-order valence-corrected chi connectivity index (χ1v) is 6.92. The zero-order valence-corrected chi connectivity index (χ0v) is 10.6. The van der Waals surface area contributed by atoms with Crippen molar-refractivity contribution in [2.45, 2.75) is 31.7 Å². The smallest absolute Gasteiger partial charge is 0.245 e. The summed E-state index contributed by atoms with van der Waals surface area (Å²) in [7, 11) is 0. The number of nitrogens with zero attached hydrogens (tertiary/aromatic N) is 1. The molecule has 1 aliphatic heterocycles. The third-order valence-corrected chi connectivity index (χ3v) is 3.92. The zero-order chi connectivity index (χ0) is 12.4. The van der Waals surface area contributed by atoms with E-state index in [0.717, 1.165) is 24.4 Å². The maximum Gasteiger partial charge on any atom is 0.245 e. The van der Waals surface area contributed by atoms with E-state index in [2.05, 4.69) is 5.32 Å². The minimum Gasteiger partial charge on any atom is -0.328 e. The van der Waals surface area contributed by atoms with Crippen LogP contribution in [0.3, 0.4) is 0 Å². The van der Waals surface area contributed by atoms with Gasteiger partial charge in [0.15, 0.2) is 0 Å². The summed E-state index contributed by atoms with van der Waals surface area (Å²) < 4.78 is 0. The van der Waals surface area contributed by atoms with Crippen molar-refractivity contribution >= 4 is 5.91 Å². The van der Waals surface area contributed by atoms with Crippen molar-refractivity contribution in [3.05, 3.63) is 35.9 Å². The monoisotopic (exact) mass is 244 g/mol. The Morgan fingerprint density at radius 1 is 1.22 bits per heavy atom. The number of amides is 1. The van der Waals surface area contributed by atoms with E-state index in [1.165, 1.54) is 19.3 Å². The summed E-state index contributed by atoms with van der Waals surface area (Å²) in [5.41, 5.74) is 1.08. The number of carbonyl (C=O) groups is 1. The lowest BCUT2D eigenvalue weighted by Crippen LogP contribution is -2.28. The molecule has 3 nitrogen and oxygen atoms in total. The molecule has 1 N–H and O–H groups in total. The molecule has 1 aromatic rings. The van der Waals surface area contributed by atoms with Gasteiger partial charge in [0.1, 0.15) is 6.04 Å². The number of benzene rings is 1. The van der Waals surface area contributed by atoms with Crippen LogP contribution in [-0.2, 0) is 4.79 Å². The van der Waals surface area contributed by atoms with E-state index < -0.39 is 0 Å². The second kappa shape index (κ2) is 5.11. The van der Waals surface area contributed by atoms with Gasteiger partial charge in [0.05, 0.1) is 6.67 Å². The normalized spacial score (nSPS) is 23.7. The number of rotatable bonds is 5. The lowest BCUT2D eigenvalue weighted by atomic mass is 10.1. The van der Waals surface area contributed by atoms with Crippen molar-refractivity contribution < 1.29 is 4.79 Å². The lowest BCUT2D eigenvalue weighted by Gasteiger charge is -2.15. The largest absolute Gasteiger partial charge is 0.328 e. The molecule has 1 saturated heterocycles. The Kier molecular flexibility index (Phi) is 3.33. The predicted octanol–water partition coefficient (Wildman–Crippen LogP) is 2.31. The molecule has 1 unspecified atom stereocenters. The van der Waals surface area contributed by atoms with E-state index >= 15 is 0 Å². The van der Waals surface area contributed by atoms with Gasteiger partial charge in [-0.15, -0.1) is 0 Å². The van der Waals surface area contributed by atoms with Gasteiger partial charge in [0.25, 0.3) is 0 Å². The molecular formula is C15H20N2O. The average Bonchev–Trinajstić information content (AvgIpc) is 3.15. The van der Waals surface area contributed by atoms with Crippen LogP contribution in [-0.4, -0.2) is 24.0 Å². The van der Waals surface area contributed by atoms with E-state index in [1.807, 2.05) is 35.2 Å². The molecule has 1 atom stereocenters.